The van der Waals surface area contributed by atoms with Gasteiger partial charge in [0.1, 0.15) is 6.10 Å². The van der Waals surface area contributed by atoms with E-state index in [1.165, 1.54) is 0 Å². The largest absolute Gasteiger partial charge is 0.367 e. The number of rotatable bonds is 2. The van der Waals surface area contributed by atoms with Crippen LogP contribution in [-0.4, -0.2) is 35.0 Å². The molecule has 0 saturated carbocycles. The molecule has 1 aliphatic rings. The number of H-pyrrole nitrogens is 1. The van der Waals surface area contributed by atoms with Gasteiger partial charge in [-0.1, -0.05) is 12.1 Å². The van der Waals surface area contributed by atoms with Gasteiger partial charge in [-0.2, -0.15) is 11.3 Å². The first-order valence-electron chi connectivity index (χ1n) is 7.75. The van der Waals surface area contributed by atoms with Crippen LogP contribution < -0.4 is 0 Å². The summed E-state index contributed by atoms with van der Waals surface area (Å²) in [4.78, 5) is 18.1. The van der Waals surface area contributed by atoms with E-state index < -0.39 is 0 Å². The van der Waals surface area contributed by atoms with E-state index in [0.717, 1.165) is 22.0 Å². The van der Waals surface area contributed by atoms with Gasteiger partial charge in [-0.05, 0) is 41.4 Å². The average Bonchev–Trinajstić information content (AvgIpc) is 3.24. The number of thiophene rings is 1. The lowest BCUT2D eigenvalue weighted by molar-refractivity contribution is -0.0689. The number of carbonyl (C=O) groups is 1. The summed E-state index contributed by atoms with van der Waals surface area (Å²) in [6.45, 7) is 3.24. The Morgan fingerprint density at radius 2 is 2.22 bits per heavy atom. The predicted octanol–water partition coefficient (Wildman–Crippen LogP) is 3.83. The lowest BCUT2D eigenvalue weighted by atomic mass is 10.1. The molecule has 118 valence electrons. The number of para-hydroxylation sites is 1. The minimum atomic E-state index is -0.0446. The monoisotopic (exact) mass is 326 g/mol. The maximum atomic E-state index is 13.0. The molecule has 0 spiro atoms. The number of nitrogens with zero attached hydrogens (tertiary/aromatic N) is 1. The fraction of sp³-hybridized carbons (Fsp3) is 0.278. The Bertz CT molecular complexity index is 825. The number of morpholine rings is 1. The highest BCUT2D eigenvalue weighted by atomic mass is 32.1. The number of hydrogen-bond donors (Lipinski definition) is 1. The first-order valence-corrected chi connectivity index (χ1v) is 8.69. The zero-order valence-electron chi connectivity index (χ0n) is 12.9. The molecule has 3 heterocycles. The topological polar surface area (TPSA) is 45.3 Å². The Balaban J connectivity index is 1.64. The summed E-state index contributed by atoms with van der Waals surface area (Å²) in [6, 6.07) is 9.90. The molecule has 0 aliphatic carbocycles. The van der Waals surface area contributed by atoms with Crippen LogP contribution in [0, 0.1) is 0 Å². The highest BCUT2D eigenvalue weighted by molar-refractivity contribution is 7.07. The molecule has 5 heteroatoms. The molecule has 1 N–H and O–H groups in total. The third-order valence-electron chi connectivity index (χ3n) is 4.28. The molecular weight excluding hydrogens is 308 g/mol. The Hall–Kier alpha value is -2.11. The molecule has 2 aromatic heterocycles. The van der Waals surface area contributed by atoms with Gasteiger partial charge in [0.15, 0.2) is 0 Å². The fourth-order valence-corrected chi connectivity index (χ4v) is 3.89. The van der Waals surface area contributed by atoms with Crippen LogP contribution >= 0.6 is 11.3 Å². The molecule has 4 nitrogen and oxygen atoms in total. The van der Waals surface area contributed by atoms with E-state index in [1.807, 2.05) is 47.7 Å². The van der Waals surface area contributed by atoms with Crippen molar-refractivity contribution in [3.8, 4) is 0 Å². The Labute approximate surface area is 138 Å². The molecule has 1 saturated heterocycles. The minimum absolute atomic E-state index is 0.0282. The van der Waals surface area contributed by atoms with Gasteiger partial charge in [0.2, 0.25) is 0 Å². The van der Waals surface area contributed by atoms with Crippen LogP contribution in [0.25, 0.3) is 10.9 Å². The standard InChI is InChI=1S/C18H18N2O2S/c1-12-9-20(10-16(22-12)14-6-8-23-11-14)18(21)15-4-2-3-13-5-7-19-17(13)15/h2-8,11-12,16,19H,9-10H2,1H3. The fourth-order valence-electron chi connectivity index (χ4n) is 3.19. The van der Waals surface area contributed by atoms with Crippen molar-refractivity contribution in [2.45, 2.75) is 19.1 Å². The highest BCUT2D eigenvalue weighted by Gasteiger charge is 2.30. The molecule has 2 unspecified atom stereocenters. The van der Waals surface area contributed by atoms with E-state index in [1.54, 1.807) is 11.3 Å². The van der Waals surface area contributed by atoms with Crippen molar-refractivity contribution in [2.24, 2.45) is 0 Å². The van der Waals surface area contributed by atoms with E-state index >= 15 is 0 Å². The van der Waals surface area contributed by atoms with Gasteiger partial charge in [0.25, 0.3) is 5.91 Å². The molecule has 3 aromatic rings. The van der Waals surface area contributed by atoms with Crippen molar-refractivity contribution in [1.29, 1.82) is 0 Å². The van der Waals surface area contributed by atoms with Crippen molar-refractivity contribution < 1.29 is 9.53 Å². The second kappa shape index (κ2) is 5.83. The van der Waals surface area contributed by atoms with Gasteiger partial charge < -0.3 is 14.6 Å². The van der Waals surface area contributed by atoms with Crippen LogP contribution in [0.5, 0.6) is 0 Å². The molecule has 2 atom stereocenters. The lowest BCUT2D eigenvalue weighted by Gasteiger charge is -2.36. The van der Waals surface area contributed by atoms with E-state index in [9.17, 15) is 4.79 Å². The first-order chi connectivity index (χ1) is 11.2. The molecule has 1 aliphatic heterocycles. The molecule has 0 radical (unpaired) electrons. The summed E-state index contributed by atoms with van der Waals surface area (Å²) in [7, 11) is 0. The number of fused-ring (bicyclic) bond motifs is 1. The summed E-state index contributed by atoms with van der Waals surface area (Å²) in [5, 5.41) is 5.20. The van der Waals surface area contributed by atoms with Gasteiger partial charge in [-0.25, -0.2) is 0 Å². The molecule has 23 heavy (non-hydrogen) atoms. The smallest absolute Gasteiger partial charge is 0.256 e. The van der Waals surface area contributed by atoms with Crippen molar-refractivity contribution in [3.05, 3.63) is 58.4 Å². The van der Waals surface area contributed by atoms with Crippen LogP contribution in [0.2, 0.25) is 0 Å². The highest BCUT2D eigenvalue weighted by Crippen LogP contribution is 2.28. The van der Waals surface area contributed by atoms with Gasteiger partial charge in [-0.15, -0.1) is 0 Å². The Morgan fingerprint density at radius 1 is 1.30 bits per heavy atom. The first kappa shape index (κ1) is 14.5. The molecule has 4 rings (SSSR count). The van der Waals surface area contributed by atoms with E-state index in [2.05, 4.69) is 16.4 Å². The van der Waals surface area contributed by atoms with Crippen molar-refractivity contribution in [1.82, 2.24) is 9.88 Å². The zero-order valence-corrected chi connectivity index (χ0v) is 13.7. The number of hydrogen-bond acceptors (Lipinski definition) is 3. The van der Waals surface area contributed by atoms with Crippen LogP contribution in [0.1, 0.15) is 28.9 Å². The van der Waals surface area contributed by atoms with E-state index in [0.29, 0.717) is 13.1 Å². The quantitative estimate of drug-likeness (QED) is 0.778. The normalized spacial score (nSPS) is 21.7. The number of nitrogens with one attached hydrogen (secondary N) is 1. The van der Waals surface area contributed by atoms with Gasteiger partial charge in [0, 0.05) is 18.1 Å². The van der Waals surface area contributed by atoms with Crippen LogP contribution in [0.15, 0.2) is 47.3 Å². The average molecular weight is 326 g/mol. The molecule has 1 amide bonds. The van der Waals surface area contributed by atoms with Crippen LogP contribution in [0.3, 0.4) is 0 Å². The molecule has 1 aromatic carbocycles. The van der Waals surface area contributed by atoms with Crippen LogP contribution in [-0.2, 0) is 4.74 Å². The summed E-state index contributed by atoms with van der Waals surface area (Å²) in [5.41, 5.74) is 2.78. The van der Waals surface area contributed by atoms with E-state index in [-0.39, 0.29) is 18.1 Å². The molecular formula is C18H18N2O2S. The van der Waals surface area contributed by atoms with Crippen molar-refractivity contribution >= 4 is 28.1 Å². The maximum Gasteiger partial charge on any atom is 0.256 e. The minimum Gasteiger partial charge on any atom is -0.367 e. The zero-order chi connectivity index (χ0) is 15.8. The third-order valence-corrected chi connectivity index (χ3v) is 4.98. The molecule has 0 bridgehead atoms. The summed E-state index contributed by atoms with van der Waals surface area (Å²) in [6.07, 6.45) is 1.86. The number of carbonyl (C=O) groups excluding carboxylic acids is 1. The maximum absolute atomic E-state index is 13.0. The second-order valence-corrected chi connectivity index (χ2v) is 6.73. The number of benzene rings is 1. The molecule has 1 fully saturated rings. The summed E-state index contributed by atoms with van der Waals surface area (Å²) < 4.78 is 6.02. The number of ether oxygens (including phenoxy) is 1. The second-order valence-electron chi connectivity index (χ2n) is 5.95. The summed E-state index contributed by atoms with van der Waals surface area (Å²) in [5.74, 6) is 0.0634. The van der Waals surface area contributed by atoms with Crippen LogP contribution in [0.4, 0.5) is 0 Å². The van der Waals surface area contributed by atoms with Gasteiger partial charge in [-0.3, -0.25) is 4.79 Å². The number of aromatic amines is 1. The van der Waals surface area contributed by atoms with Gasteiger partial charge >= 0.3 is 0 Å². The van der Waals surface area contributed by atoms with Crippen molar-refractivity contribution in [2.75, 3.05) is 13.1 Å². The number of aromatic nitrogens is 1. The van der Waals surface area contributed by atoms with E-state index in [4.69, 9.17) is 4.74 Å². The third kappa shape index (κ3) is 2.66. The lowest BCUT2D eigenvalue weighted by Crippen LogP contribution is -2.45. The Kier molecular flexibility index (Phi) is 3.67. The summed E-state index contributed by atoms with van der Waals surface area (Å²) >= 11 is 1.66. The SMILES string of the molecule is CC1CN(C(=O)c2cccc3cc[nH]c23)CC(c2ccsc2)O1. The predicted molar refractivity (Wildman–Crippen MR) is 91.8 cm³/mol. The Morgan fingerprint density at radius 3 is 3.04 bits per heavy atom. The van der Waals surface area contributed by atoms with Crippen molar-refractivity contribution in [3.63, 3.8) is 0 Å². The number of amides is 1. The van der Waals surface area contributed by atoms with Gasteiger partial charge in [0.05, 0.1) is 23.7 Å².